The lowest BCUT2D eigenvalue weighted by molar-refractivity contribution is -0.130. The first kappa shape index (κ1) is 15.0. The summed E-state index contributed by atoms with van der Waals surface area (Å²) in [5.74, 6) is -0.0210. The highest BCUT2D eigenvalue weighted by Crippen LogP contribution is 2.38. The molecule has 1 aliphatic rings. The minimum absolute atomic E-state index is 0.124. The lowest BCUT2D eigenvalue weighted by atomic mass is 9.93. The molecule has 5 heteroatoms. The molecule has 3 rings (SSSR count). The van der Waals surface area contributed by atoms with Crippen LogP contribution in [0.3, 0.4) is 0 Å². The maximum absolute atomic E-state index is 12.4. The molecule has 0 N–H and O–H groups in total. The summed E-state index contributed by atoms with van der Waals surface area (Å²) in [6.45, 7) is 4.16. The maximum atomic E-state index is 12.4. The number of hydrogen-bond acceptors (Lipinski definition) is 3. The molecule has 2 aromatic heterocycles. The fourth-order valence-electron chi connectivity index (χ4n) is 2.85. The van der Waals surface area contributed by atoms with Gasteiger partial charge < -0.3 is 4.90 Å². The van der Waals surface area contributed by atoms with Crippen molar-refractivity contribution < 1.29 is 4.79 Å². The first-order chi connectivity index (χ1) is 10.4. The zero-order valence-electron chi connectivity index (χ0n) is 12.9. The Hall–Kier alpha value is -1.94. The van der Waals surface area contributed by atoms with Crippen LogP contribution in [0.1, 0.15) is 31.9 Å². The highest BCUT2D eigenvalue weighted by molar-refractivity contribution is 6.29. The molecule has 1 unspecified atom stereocenters. The molecule has 2 aromatic rings. The summed E-state index contributed by atoms with van der Waals surface area (Å²) < 4.78 is 0. The van der Waals surface area contributed by atoms with Crippen LogP contribution in [0.25, 0.3) is 11.1 Å². The highest BCUT2D eigenvalue weighted by Gasteiger charge is 2.43. The van der Waals surface area contributed by atoms with E-state index in [1.54, 1.807) is 18.5 Å². The van der Waals surface area contributed by atoms with Gasteiger partial charge in [0.1, 0.15) is 5.15 Å². The average molecular weight is 316 g/mol. The number of amides is 1. The van der Waals surface area contributed by atoms with Gasteiger partial charge in [0.25, 0.3) is 0 Å². The molecule has 1 aliphatic heterocycles. The predicted octanol–water partition coefficient (Wildman–Crippen LogP) is 3.52. The molecule has 0 aromatic carbocycles. The Labute approximate surface area is 135 Å². The Morgan fingerprint density at radius 2 is 2.00 bits per heavy atom. The summed E-state index contributed by atoms with van der Waals surface area (Å²) in [5, 5.41) is 0.455. The van der Waals surface area contributed by atoms with Crippen LogP contribution in [-0.4, -0.2) is 33.4 Å². The van der Waals surface area contributed by atoms with Crippen LogP contribution in [0.2, 0.25) is 5.15 Å². The summed E-state index contributed by atoms with van der Waals surface area (Å²) in [6.07, 6.45) is 4.25. The monoisotopic (exact) mass is 315 g/mol. The number of halogens is 1. The van der Waals surface area contributed by atoms with Crippen LogP contribution in [0.4, 0.5) is 0 Å². The lowest BCUT2D eigenvalue weighted by Crippen LogP contribution is -2.37. The van der Waals surface area contributed by atoms with Gasteiger partial charge in [-0.2, -0.15) is 0 Å². The molecular weight excluding hydrogens is 298 g/mol. The van der Waals surface area contributed by atoms with Gasteiger partial charge in [0.2, 0.25) is 5.91 Å². The van der Waals surface area contributed by atoms with Crippen LogP contribution in [0.15, 0.2) is 36.7 Å². The minimum atomic E-state index is -0.157. The predicted molar refractivity (Wildman–Crippen MR) is 86.7 cm³/mol. The summed E-state index contributed by atoms with van der Waals surface area (Å²) in [5.41, 5.74) is 2.63. The van der Waals surface area contributed by atoms with E-state index >= 15 is 0 Å². The van der Waals surface area contributed by atoms with Gasteiger partial charge in [-0.3, -0.25) is 9.78 Å². The highest BCUT2D eigenvalue weighted by atomic mass is 35.5. The summed E-state index contributed by atoms with van der Waals surface area (Å²) >= 11 is 5.91. The van der Waals surface area contributed by atoms with Gasteiger partial charge in [-0.15, -0.1) is 0 Å². The number of aromatic nitrogens is 2. The Bertz CT molecular complexity index is 712. The Morgan fingerprint density at radius 1 is 1.23 bits per heavy atom. The molecule has 0 radical (unpaired) electrons. The largest absolute Gasteiger partial charge is 0.340 e. The molecule has 0 aliphatic carbocycles. The summed E-state index contributed by atoms with van der Waals surface area (Å²) in [4.78, 5) is 22.7. The zero-order chi connectivity index (χ0) is 15.9. The van der Waals surface area contributed by atoms with E-state index in [1.165, 1.54) is 0 Å². The fourth-order valence-corrected chi connectivity index (χ4v) is 3.03. The SMILES string of the molecule is CN1C(=O)C(c2ccc(-c3ccnc(Cl)c3)cn2)CC1(C)C. The van der Waals surface area contributed by atoms with Crippen LogP contribution in [-0.2, 0) is 4.79 Å². The van der Waals surface area contributed by atoms with Crippen molar-refractivity contribution in [2.75, 3.05) is 7.05 Å². The third kappa shape index (κ3) is 2.59. The smallest absolute Gasteiger partial charge is 0.231 e. The van der Waals surface area contributed by atoms with Crippen molar-refractivity contribution in [3.8, 4) is 11.1 Å². The van der Waals surface area contributed by atoms with Crippen molar-refractivity contribution >= 4 is 17.5 Å². The molecule has 0 spiro atoms. The number of carbonyl (C=O) groups excluding carboxylic acids is 1. The van der Waals surface area contributed by atoms with E-state index in [0.29, 0.717) is 5.15 Å². The number of rotatable bonds is 2. The molecule has 1 amide bonds. The van der Waals surface area contributed by atoms with Crippen LogP contribution >= 0.6 is 11.6 Å². The van der Waals surface area contributed by atoms with E-state index in [0.717, 1.165) is 23.2 Å². The van der Waals surface area contributed by atoms with Crippen molar-refractivity contribution in [3.63, 3.8) is 0 Å². The second-order valence-electron chi connectivity index (χ2n) is 6.31. The summed E-state index contributed by atoms with van der Waals surface area (Å²) in [6, 6.07) is 7.60. The number of likely N-dealkylation sites (N-methyl/N-ethyl adjacent to an activating group) is 1. The van der Waals surface area contributed by atoms with Gasteiger partial charge in [0.15, 0.2) is 0 Å². The quantitative estimate of drug-likeness (QED) is 0.797. The molecule has 1 saturated heterocycles. The van der Waals surface area contributed by atoms with Gasteiger partial charge in [-0.25, -0.2) is 4.98 Å². The number of carbonyl (C=O) groups is 1. The number of pyridine rings is 2. The Kier molecular flexibility index (Phi) is 3.65. The van der Waals surface area contributed by atoms with Crippen molar-refractivity contribution in [1.82, 2.24) is 14.9 Å². The second kappa shape index (κ2) is 5.36. The van der Waals surface area contributed by atoms with E-state index in [-0.39, 0.29) is 17.4 Å². The van der Waals surface area contributed by atoms with Crippen LogP contribution in [0.5, 0.6) is 0 Å². The van der Waals surface area contributed by atoms with Crippen molar-refractivity contribution in [1.29, 1.82) is 0 Å². The van der Waals surface area contributed by atoms with Crippen LogP contribution in [0, 0.1) is 0 Å². The van der Waals surface area contributed by atoms with Gasteiger partial charge in [0, 0.05) is 30.5 Å². The molecule has 1 atom stereocenters. The van der Waals surface area contributed by atoms with Crippen molar-refractivity contribution in [3.05, 3.63) is 47.5 Å². The fraction of sp³-hybridized carbons (Fsp3) is 0.353. The molecule has 114 valence electrons. The molecule has 1 fully saturated rings. The molecule has 0 saturated carbocycles. The topological polar surface area (TPSA) is 46.1 Å². The molecule has 3 heterocycles. The lowest BCUT2D eigenvalue weighted by Gasteiger charge is -2.26. The third-order valence-electron chi connectivity index (χ3n) is 4.44. The van der Waals surface area contributed by atoms with Gasteiger partial charge in [-0.1, -0.05) is 17.7 Å². The van der Waals surface area contributed by atoms with Crippen molar-refractivity contribution in [2.45, 2.75) is 31.7 Å². The second-order valence-corrected chi connectivity index (χ2v) is 6.69. The molecule has 22 heavy (non-hydrogen) atoms. The van der Waals surface area contributed by atoms with Gasteiger partial charge in [-0.05, 0) is 44.0 Å². The standard InChI is InChI=1S/C17H18ClN3O/c1-17(2)9-13(16(22)21(17)3)14-5-4-12(10-20-14)11-6-7-19-15(18)8-11/h4-8,10,13H,9H2,1-3H3. The summed E-state index contributed by atoms with van der Waals surface area (Å²) in [7, 11) is 1.86. The van der Waals surface area contributed by atoms with Crippen molar-refractivity contribution in [2.24, 2.45) is 0 Å². The zero-order valence-corrected chi connectivity index (χ0v) is 13.6. The minimum Gasteiger partial charge on any atom is -0.340 e. The van der Waals surface area contributed by atoms with Gasteiger partial charge >= 0.3 is 0 Å². The van der Waals surface area contributed by atoms with Crippen LogP contribution < -0.4 is 0 Å². The normalized spacial score (nSPS) is 20.5. The Balaban J connectivity index is 1.88. The van der Waals surface area contributed by atoms with E-state index in [1.807, 2.05) is 30.1 Å². The molecule has 0 bridgehead atoms. The number of nitrogens with zero attached hydrogens (tertiary/aromatic N) is 3. The maximum Gasteiger partial charge on any atom is 0.231 e. The average Bonchev–Trinajstić information content (AvgIpc) is 2.71. The number of likely N-dealkylation sites (tertiary alicyclic amines) is 1. The number of hydrogen-bond donors (Lipinski definition) is 0. The van der Waals surface area contributed by atoms with E-state index in [4.69, 9.17) is 11.6 Å². The first-order valence-electron chi connectivity index (χ1n) is 7.24. The van der Waals surface area contributed by atoms with E-state index < -0.39 is 0 Å². The third-order valence-corrected chi connectivity index (χ3v) is 4.65. The first-order valence-corrected chi connectivity index (χ1v) is 7.62. The van der Waals surface area contributed by atoms with Gasteiger partial charge in [0.05, 0.1) is 11.6 Å². The van der Waals surface area contributed by atoms with E-state index in [2.05, 4.69) is 23.8 Å². The molecular formula is C17H18ClN3O. The van der Waals surface area contributed by atoms with E-state index in [9.17, 15) is 4.79 Å². The molecule has 4 nitrogen and oxygen atoms in total. The Morgan fingerprint density at radius 3 is 2.55 bits per heavy atom.